The molecule has 0 fully saturated rings. The SMILES string of the molecule is CCOC(=O)CC(=O)OCC.Cc1ccc(C(=O)/C=C/c2ccccc2)cc1.Cc1ccc(C(=O)CC(CC(=O)O)c2ccccc2)cc1.O=C(CC(c1ccccc1)C(C(=O)O)C(=O)O)c1ccccc1. The average Bonchev–Trinajstić information content (AvgIpc) is 3.37. The molecule has 0 bridgehead atoms. The minimum Gasteiger partial charge on any atom is -0.481 e. The van der Waals surface area contributed by atoms with E-state index >= 15 is 0 Å². The van der Waals surface area contributed by atoms with Crippen LogP contribution in [0.3, 0.4) is 0 Å². The molecule has 0 aliphatic carbocycles. The van der Waals surface area contributed by atoms with Gasteiger partial charge in [0.1, 0.15) is 6.42 Å². The van der Waals surface area contributed by atoms with Gasteiger partial charge < -0.3 is 24.8 Å². The van der Waals surface area contributed by atoms with Crippen LogP contribution in [0.2, 0.25) is 0 Å². The van der Waals surface area contributed by atoms with Gasteiger partial charge in [0.15, 0.2) is 23.3 Å². The summed E-state index contributed by atoms with van der Waals surface area (Å²) in [6, 6.07) is 51.0. The first-order chi connectivity index (χ1) is 34.5. The van der Waals surface area contributed by atoms with Crippen molar-refractivity contribution in [2.45, 2.75) is 65.2 Å². The molecule has 3 N–H and O–H groups in total. The molecule has 72 heavy (non-hydrogen) atoms. The largest absolute Gasteiger partial charge is 0.481 e. The van der Waals surface area contributed by atoms with Gasteiger partial charge in [-0.1, -0.05) is 187 Å². The number of aliphatic carboxylic acids is 3. The lowest BCUT2D eigenvalue weighted by molar-refractivity contribution is -0.156. The number of aryl methyl sites for hydroxylation is 2. The molecule has 2 atom stereocenters. The van der Waals surface area contributed by atoms with Crippen molar-refractivity contribution < 1.29 is 63.1 Å². The number of esters is 2. The summed E-state index contributed by atoms with van der Waals surface area (Å²) in [5.74, 6) is -8.04. The first-order valence-electron chi connectivity index (χ1n) is 23.1. The van der Waals surface area contributed by atoms with Crippen molar-refractivity contribution >= 4 is 53.3 Å². The van der Waals surface area contributed by atoms with E-state index in [0.717, 1.165) is 27.8 Å². The molecule has 6 aromatic carbocycles. The zero-order chi connectivity index (χ0) is 52.8. The highest BCUT2D eigenvalue weighted by atomic mass is 16.6. The van der Waals surface area contributed by atoms with Crippen LogP contribution in [0.4, 0.5) is 0 Å². The Labute approximate surface area is 419 Å². The van der Waals surface area contributed by atoms with Gasteiger partial charge in [-0.15, -0.1) is 0 Å². The fourth-order valence-electron chi connectivity index (χ4n) is 6.94. The monoisotopic (exact) mass is 976 g/mol. The molecule has 2 unspecified atom stereocenters. The number of ketones is 3. The van der Waals surface area contributed by atoms with E-state index in [2.05, 4.69) is 9.47 Å². The molecular formula is C59H60O13. The summed E-state index contributed by atoms with van der Waals surface area (Å²) >= 11 is 0. The first-order valence-corrected chi connectivity index (χ1v) is 23.1. The number of hydrogen-bond donors (Lipinski definition) is 3. The van der Waals surface area contributed by atoms with Crippen LogP contribution in [-0.2, 0) is 33.4 Å². The normalized spacial score (nSPS) is 11.1. The highest BCUT2D eigenvalue weighted by Gasteiger charge is 2.37. The van der Waals surface area contributed by atoms with Crippen LogP contribution in [0.1, 0.15) is 110 Å². The van der Waals surface area contributed by atoms with Gasteiger partial charge in [-0.3, -0.25) is 38.4 Å². The summed E-state index contributed by atoms with van der Waals surface area (Å²) in [6.07, 6.45) is 3.14. The molecule has 0 radical (unpaired) electrons. The van der Waals surface area contributed by atoms with E-state index in [-0.39, 0.29) is 62.2 Å². The molecule has 0 saturated carbocycles. The Morgan fingerprint density at radius 2 is 0.875 bits per heavy atom. The first kappa shape index (κ1) is 57.7. The standard InChI is InChI=1S/C18H16O5.C18H18O3.C16H14O.C7H12O4/c19-15(13-9-5-2-6-10-13)11-14(12-7-3-1-4-8-12)16(17(20)21)18(22)23;1-13-7-9-15(10-8-13)17(19)11-16(12-18(20)21)14-5-3-2-4-6-14;1-13-7-10-15(11-8-13)16(17)12-9-14-5-3-2-4-6-14;1-3-10-6(8)5-7(9)11-4-2/h1-10,14,16H,11H2,(H,20,21)(H,22,23);2-10,16H,11-12H2,1H3,(H,20,21);2-12H,1H3;3-5H2,1-2H3/b;;12-9+;. The Bertz CT molecular complexity index is 2650. The smallest absolute Gasteiger partial charge is 0.318 e. The lowest BCUT2D eigenvalue weighted by Crippen LogP contribution is -2.31. The minimum atomic E-state index is -1.68. The maximum atomic E-state index is 12.4. The van der Waals surface area contributed by atoms with Crippen LogP contribution in [0.25, 0.3) is 6.08 Å². The molecular weight excluding hydrogens is 917 g/mol. The summed E-state index contributed by atoms with van der Waals surface area (Å²) in [5.41, 5.74) is 6.49. The molecule has 6 aromatic rings. The number of carbonyl (C=O) groups is 8. The molecule has 0 amide bonds. The third-order valence-electron chi connectivity index (χ3n) is 10.6. The predicted molar refractivity (Wildman–Crippen MR) is 274 cm³/mol. The molecule has 13 heteroatoms. The van der Waals surface area contributed by atoms with Gasteiger partial charge in [0.05, 0.1) is 19.6 Å². The highest BCUT2D eigenvalue weighted by molar-refractivity contribution is 6.06. The van der Waals surface area contributed by atoms with Gasteiger partial charge in [-0.05, 0) is 50.5 Å². The van der Waals surface area contributed by atoms with Crippen LogP contribution < -0.4 is 0 Å². The molecule has 374 valence electrons. The Kier molecular flexibility index (Phi) is 25.3. The van der Waals surface area contributed by atoms with E-state index in [1.54, 1.807) is 92.7 Å². The van der Waals surface area contributed by atoms with Gasteiger partial charge in [0, 0.05) is 41.4 Å². The summed E-state index contributed by atoms with van der Waals surface area (Å²) in [4.78, 5) is 91.6. The van der Waals surface area contributed by atoms with Gasteiger partial charge >= 0.3 is 29.8 Å². The summed E-state index contributed by atoms with van der Waals surface area (Å²) in [5, 5.41) is 27.6. The van der Waals surface area contributed by atoms with Crippen LogP contribution in [0.15, 0.2) is 176 Å². The lowest BCUT2D eigenvalue weighted by atomic mass is 9.81. The fourth-order valence-corrected chi connectivity index (χ4v) is 6.94. The van der Waals surface area contributed by atoms with E-state index in [4.69, 9.17) is 5.11 Å². The van der Waals surface area contributed by atoms with Crippen LogP contribution in [-0.4, -0.2) is 75.7 Å². The third-order valence-corrected chi connectivity index (χ3v) is 10.6. The summed E-state index contributed by atoms with van der Waals surface area (Å²) in [6.45, 7) is 7.92. The topological polar surface area (TPSA) is 216 Å². The number of ether oxygens (including phenoxy) is 2. The maximum Gasteiger partial charge on any atom is 0.318 e. The minimum absolute atomic E-state index is 0.0231. The second-order valence-corrected chi connectivity index (χ2v) is 16.1. The zero-order valence-electron chi connectivity index (χ0n) is 40.7. The number of hydrogen-bond acceptors (Lipinski definition) is 10. The Morgan fingerprint density at radius 3 is 1.32 bits per heavy atom. The van der Waals surface area contributed by atoms with Crippen molar-refractivity contribution in [2.75, 3.05) is 13.2 Å². The van der Waals surface area contributed by atoms with Gasteiger partial charge in [0.2, 0.25) is 0 Å². The van der Waals surface area contributed by atoms with Crippen molar-refractivity contribution in [2.24, 2.45) is 5.92 Å². The van der Waals surface area contributed by atoms with Crippen LogP contribution in [0, 0.1) is 19.8 Å². The molecule has 0 heterocycles. The Morgan fingerprint density at radius 1 is 0.472 bits per heavy atom. The number of benzene rings is 6. The van der Waals surface area contributed by atoms with E-state index in [1.807, 2.05) is 117 Å². The maximum absolute atomic E-state index is 12.4. The number of allylic oxidation sites excluding steroid dienone is 1. The number of carboxylic acid groups (broad SMARTS) is 3. The molecule has 0 aromatic heterocycles. The Balaban J connectivity index is 0.000000261. The van der Waals surface area contributed by atoms with Crippen molar-refractivity contribution in [3.63, 3.8) is 0 Å². The van der Waals surface area contributed by atoms with Gasteiger partial charge in [-0.2, -0.15) is 0 Å². The van der Waals surface area contributed by atoms with Gasteiger partial charge in [0.25, 0.3) is 0 Å². The lowest BCUT2D eigenvalue weighted by Gasteiger charge is -2.21. The molecule has 6 rings (SSSR count). The van der Waals surface area contributed by atoms with Crippen molar-refractivity contribution in [1.82, 2.24) is 0 Å². The quantitative estimate of drug-likeness (QED) is 0.0281. The number of Topliss-reactive ketones (excluding diaryl/α,β-unsaturated/α-hetero) is 2. The van der Waals surface area contributed by atoms with Crippen LogP contribution in [0.5, 0.6) is 0 Å². The van der Waals surface area contributed by atoms with Crippen molar-refractivity contribution in [1.29, 1.82) is 0 Å². The van der Waals surface area contributed by atoms with E-state index < -0.39 is 41.7 Å². The number of rotatable bonds is 20. The highest BCUT2D eigenvalue weighted by Crippen LogP contribution is 2.31. The fraction of sp³-hybridized carbons (Fsp3) is 0.220. The molecule has 0 aliphatic rings. The van der Waals surface area contributed by atoms with Crippen LogP contribution >= 0.6 is 0 Å². The second kappa shape index (κ2) is 31.5. The van der Waals surface area contributed by atoms with E-state index in [9.17, 15) is 48.6 Å². The zero-order valence-corrected chi connectivity index (χ0v) is 40.7. The van der Waals surface area contributed by atoms with Crippen molar-refractivity contribution in [3.05, 3.63) is 220 Å². The second-order valence-electron chi connectivity index (χ2n) is 16.1. The average molecular weight is 977 g/mol. The molecule has 0 spiro atoms. The third kappa shape index (κ3) is 21.4. The molecule has 0 aliphatic heterocycles. The number of carboxylic acids is 3. The van der Waals surface area contributed by atoms with E-state index in [0.29, 0.717) is 16.7 Å². The van der Waals surface area contributed by atoms with E-state index in [1.165, 1.54) is 0 Å². The summed E-state index contributed by atoms with van der Waals surface area (Å²) in [7, 11) is 0. The Hall–Kier alpha value is -8.58. The van der Waals surface area contributed by atoms with Crippen molar-refractivity contribution in [3.8, 4) is 0 Å². The predicted octanol–water partition coefficient (Wildman–Crippen LogP) is 11.0. The molecule has 13 nitrogen and oxygen atoms in total. The number of carbonyl (C=O) groups excluding carboxylic acids is 5. The molecule has 0 saturated heterocycles. The van der Waals surface area contributed by atoms with Gasteiger partial charge in [-0.25, -0.2) is 0 Å². The summed E-state index contributed by atoms with van der Waals surface area (Å²) < 4.78 is 9.04.